The van der Waals surface area contributed by atoms with E-state index in [1.807, 2.05) is 11.8 Å². The molecule has 0 atom stereocenters. The van der Waals surface area contributed by atoms with Gasteiger partial charge in [-0.15, -0.1) is 11.8 Å². The molecule has 0 aliphatic carbocycles. The van der Waals surface area contributed by atoms with E-state index in [1.54, 1.807) is 0 Å². The van der Waals surface area contributed by atoms with Crippen LogP contribution in [0.5, 0.6) is 0 Å². The molecule has 2 aromatic carbocycles. The molecule has 2 aromatic rings. The van der Waals surface area contributed by atoms with Crippen LogP contribution in [-0.2, 0) is 0 Å². The van der Waals surface area contributed by atoms with Crippen LogP contribution in [0.15, 0.2) is 71.6 Å². The number of thioether (sulfide) groups is 1. The van der Waals surface area contributed by atoms with E-state index in [1.165, 1.54) is 16.0 Å². The Morgan fingerprint density at radius 1 is 0.941 bits per heavy atom. The van der Waals surface area contributed by atoms with Crippen molar-refractivity contribution < 1.29 is 0 Å². The average Bonchev–Trinajstić information content (AvgIpc) is 2.41. The van der Waals surface area contributed by atoms with Gasteiger partial charge in [-0.1, -0.05) is 54.6 Å². The van der Waals surface area contributed by atoms with Gasteiger partial charge in [-0.2, -0.15) is 0 Å². The maximum absolute atomic E-state index is 2.28. The summed E-state index contributed by atoms with van der Waals surface area (Å²) in [5.41, 5.74) is 2.65. The van der Waals surface area contributed by atoms with Crippen molar-refractivity contribution in [3.8, 4) is 0 Å². The summed E-state index contributed by atoms with van der Waals surface area (Å²) in [6, 6.07) is 21.0. The summed E-state index contributed by atoms with van der Waals surface area (Å²) >= 11 is 1.87. The normalized spacial score (nSPS) is 11.5. The van der Waals surface area contributed by atoms with Gasteiger partial charge >= 0.3 is 0 Å². The van der Waals surface area contributed by atoms with E-state index >= 15 is 0 Å². The Morgan fingerprint density at radius 2 is 1.53 bits per heavy atom. The lowest BCUT2D eigenvalue weighted by atomic mass is 10.1. The Morgan fingerprint density at radius 3 is 2.18 bits per heavy atom. The van der Waals surface area contributed by atoms with Crippen molar-refractivity contribution in [2.24, 2.45) is 0 Å². The van der Waals surface area contributed by atoms with Crippen molar-refractivity contribution in [2.75, 3.05) is 5.75 Å². The van der Waals surface area contributed by atoms with Crippen LogP contribution in [0.2, 0.25) is 0 Å². The van der Waals surface area contributed by atoms with E-state index in [2.05, 4.69) is 73.7 Å². The molecule has 0 N–H and O–H groups in total. The van der Waals surface area contributed by atoms with E-state index in [0.29, 0.717) is 0 Å². The minimum atomic E-state index is 1.02. The SMILES string of the molecule is C/C(=C\CSc1ccccc1)c1ccccc1. The quantitative estimate of drug-likeness (QED) is 0.686. The Bertz CT molecular complexity index is 471. The van der Waals surface area contributed by atoms with Gasteiger partial charge in [0, 0.05) is 10.6 Å². The minimum absolute atomic E-state index is 1.02. The van der Waals surface area contributed by atoms with Crippen LogP contribution in [-0.4, -0.2) is 5.75 Å². The van der Waals surface area contributed by atoms with Gasteiger partial charge in [0.25, 0.3) is 0 Å². The molecule has 0 saturated carbocycles. The van der Waals surface area contributed by atoms with Crippen molar-refractivity contribution in [1.82, 2.24) is 0 Å². The molecule has 0 heterocycles. The molecule has 0 nitrogen and oxygen atoms in total. The monoisotopic (exact) mass is 240 g/mol. The highest BCUT2D eigenvalue weighted by Gasteiger charge is 1.94. The highest BCUT2D eigenvalue weighted by atomic mass is 32.2. The highest BCUT2D eigenvalue weighted by molar-refractivity contribution is 7.99. The molecule has 0 aromatic heterocycles. The maximum Gasteiger partial charge on any atom is 0.0166 e. The number of hydrogen-bond acceptors (Lipinski definition) is 1. The molecule has 0 unspecified atom stereocenters. The van der Waals surface area contributed by atoms with Gasteiger partial charge in [-0.05, 0) is 30.2 Å². The van der Waals surface area contributed by atoms with E-state index in [0.717, 1.165) is 5.75 Å². The van der Waals surface area contributed by atoms with Crippen molar-refractivity contribution in [3.05, 3.63) is 72.3 Å². The largest absolute Gasteiger partial charge is 0.122 e. The van der Waals surface area contributed by atoms with Crippen LogP contribution < -0.4 is 0 Å². The standard InChI is InChI=1S/C16H16S/c1-14(15-8-4-2-5-9-15)12-13-17-16-10-6-3-7-11-16/h2-12H,13H2,1H3/b14-12+. The van der Waals surface area contributed by atoms with Crippen LogP contribution >= 0.6 is 11.8 Å². The van der Waals surface area contributed by atoms with E-state index in [9.17, 15) is 0 Å². The molecule has 0 aliphatic rings. The predicted octanol–water partition coefficient (Wildman–Crippen LogP) is 4.88. The van der Waals surface area contributed by atoms with Crippen LogP contribution in [0.3, 0.4) is 0 Å². The number of benzene rings is 2. The molecule has 0 bridgehead atoms. The third kappa shape index (κ3) is 3.79. The molecule has 0 fully saturated rings. The Balaban J connectivity index is 1.93. The third-order valence-electron chi connectivity index (χ3n) is 2.61. The first-order valence-corrected chi connectivity index (χ1v) is 6.75. The molecule has 17 heavy (non-hydrogen) atoms. The number of rotatable bonds is 4. The van der Waals surface area contributed by atoms with Crippen LogP contribution in [0.1, 0.15) is 12.5 Å². The molecule has 0 spiro atoms. The number of hydrogen-bond donors (Lipinski definition) is 0. The second-order valence-electron chi connectivity index (χ2n) is 3.88. The molecule has 1 heteroatoms. The van der Waals surface area contributed by atoms with Gasteiger partial charge in [-0.3, -0.25) is 0 Å². The van der Waals surface area contributed by atoms with Crippen molar-refractivity contribution in [2.45, 2.75) is 11.8 Å². The fraction of sp³-hybridized carbons (Fsp3) is 0.125. The van der Waals surface area contributed by atoms with E-state index in [-0.39, 0.29) is 0 Å². The van der Waals surface area contributed by atoms with E-state index < -0.39 is 0 Å². The fourth-order valence-electron chi connectivity index (χ4n) is 1.60. The van der Waals surface area contributed by atoms with Crippen LogP contribution in [0.25, 0.3) is 5.57 Å². The molecule has 0 saturated heterocycles. The second kappa shape index (κ2) is 6.31. The maximum atomic E-state index is 2.28. The number of allylic oxidation sites excluding steroid dienone is 1. The van der Waals surface area contributed by atoms with Gasteiger partial charge in [0.15, 0.2) is 0 Å². The van der Waals surface area contributed by atoms with Crippen molar-refractivity contribution >= 4 is 17.3 Å². The molecule has 86 valence electrons. The molecular formula is C16H16S. The first kappa shape index (κ1) is 12.0. The van der Waals surface area contributed by atoms with Gasteiger partial charge in [-0.25, -0.2) is 0 Å². The summed E-state index contributed by atoms with van der Waals surface area (Å²) in [5.74, 6) is 1.02. The fourth-order valence-corrected chi connectivity index (χ4v) is 2.47. The summed E-state index contributed by atoms with van der Waals surface area (Å²) < 4.78 is 0. The lowest BCUT2D eigenvalue weighted by Crippen LogP contribution is -1.80. The van der Waals surface area contributed by atoms with Gasteiger partial charge in [0.1, 0.15) is 0 Å². The van der Waals surface area contributed by atoms with Crippen LogP contribution in [0, 0.1) is 0 Å². The average molecular weight is 240 g/mol. The van der Waals surface area contributed by atoms with E-state index in [4.69, 9.17) is 0 Å². The molecule has 2 rings (SSSR count). The predicted molar refractivity (Wildman–Crippen MR) is 77.3 cm³/mol. The minimum Gasteiger partial charge on any atom is -0.122 e. The summed E-state index contributed by atoms with van der Waals surface area (Å²) in [6.45, 7) is 2.17. The first-order chi connectivity index (χ1) is 8.36. The third-order valence-corrected chi connectivity index (χ3v) is 3.55. The van der Waals surface area contributed by atoms with Gasteiger partial charge in [0.2, 0.25) is 0 Å². The zero-order valence-electron chi connectivity index (χ0n) is 9.97. The molecular weight excluding hydrogens is 224 g/mol. The molecule has 0 amide bonds. The van der Waals surface area contributed by atoms with Gasteiger partial charge < -0.3 is 0 Å². The van der Waals surface area contributed by atoms with Crippen molar-refractivity contribution in [1.29, 1.82) is 0 Å². The summed E-state index contributed by atoms with van der Waals surface area (Å²) in [6.07, 6.45) is 2.28. The van der Waals surface area contributed by atoms with Crippen molar-refractivity contribution in [3.63, 3.8) is 0 Å². The molecule has 0 radical (unpaired) electrons. The lowest BCUT2D eigenvalue weighted by molar-refractivity contribution is 1.46. The zero-order chi connectivity index (χ0) is 11.9. The zero-order valence-corrected chi connectivity index (χ0v) is 10.8. The second-order valence-corrected chi connectivity index (χ2v) is 4.97. The smallest absolute Gasteiger partial charge is 0.0166 e. The Kier molecular flexibility index (Phi) is 4.45. The summed E-state index contributed by atoms with van der Waals surface area (Å²) in [5, 5.41) is 0. The highest BCUT2D eigenvalue weighted by Crippen LogP contribution is 2.19. The summed E-state index contributed by atoms with van der Waals surface area (Å²) in [4.78, 5) is 1.32. The Labute approximate surface area is 107 Å². The summed E-state index contributed by atoms with van der Waals surface area (Å²) in [7, 11) is 0. The first-order valence-electron chi connectivity index (χ1n) is 5.76. The van der Waals surface area contributed by atoms with Gasteiger partial charge in [0.05, 0.1) is 0 Å². The van der Waals surface area contributed by atoms with Crippen LogP contribution in [0.4, 0.5) is 0 Å². The Hall–Kier alpha value is -1.47. The lowest BCUT2D eigenvalue weighted by Gasteiger charge is -2.01. The molecule has 0 aliphatic heterocycles. The topological polar surface area (TPSA) is 0 Å².